The lowest BCUT2D eigenvalue weighted by atomic mass is 9.88. The van der Waals surface area contributed by atoms with Crippen molar-refractivity contribution in [2.24, 2.45) is 7.05 Å². The third kappa shape index (κ3) is 3.64. The zero-order valence-electron chi connectivity index (χ0n) is 15.0. The molecular weight excluding hydrogens is 332 g/mol. The minimum Gasteiger partial charge on any atom is -0.372 e. The smallest absolute Gasteiger partial charge is 0.274 e. The molecule has 1 unspecified atom stereocenters. The summed E-state index contributed by atoms with van der Waals surface area (Å²) in [5.41, 5.74) is 1.48. The van der Waals surface area contributed by atoms with E-state index in [4.69, 9.17) is 9.47 Å². The molecule has 1 amide bonds. The van der Waals surface area contributed by atoms with Crippen LogP contribution in [0, 0.1) is 0 Å². The molecule has 2 fully saturated rings. The molecule has 2 aromatic rings. The Labute approximate surface area is 152 Å². The maximum absolute atomic E-state index is 12.5. The number of nitrogens with zero attached hydrogens (tertiary/aromatic N) is 4. The van der Waals surface area contributed by atoms with Crippen molar-refractivity contribution in [3.8, 4) is 0 Å². The van der Waals surface area contributed by atoms with Gasteiger partial charge in [-0.15, -0.1) is 0 Å². The third-order valence-electron chi connectivity index (χ3n) is 5.30. The van der Waals surface area contributed by atoms with E-state index >= 15 is 0 Å². The van der Waals surface area contributed by atoms with E-state index < -0.39 is 0 Å². The van der Waals surface area contributed by atoms with Gasteiger partial charge in [0.1, 0.15) is 5.69 Å². The summed E-state index contributed by atoms with van der Waals surface area (Å²) in [5.74, 6) is 0.00364. The molecule has 26 heavy (non-hydrogen) atoms. The van der Waals surface area contributed by atoms with Crippen LogP contribution in [0.4, 0.5) is 0 Å². The molecule has 7 nitrogen and oxygen atoms in total. The van der Waals surface area contributed by atoms with Crippen molar-refractivity contribution in [3.63, 3.8) is 0 Å². The molecule has 1 spiro atoms. The van der Waals surface area contributed by atoms with Crippen molar-refractivity contribution in [3.05, 3.63) is 48.0 Å². The fourth-order valence-corrected chi connectivity index (χ4v) is 3.76. The number of ether oxygens (including phenoxy) is 2. The molecule has 138 valence electrons. The Kier molecular flexibility index (Phi) is 4.74. The SMILES string of the molecule is Cn1ccc(C(=O)N2CCC3(CC2)CC(OCc2ccncc2)CO3)n1. The lowest BCUT2D eigenvalue weighted by molar-refractivity contribution is -0.0413. The minimum atomic E-state index is -0.149. The van der Waals surface area contributed by atoms with Gasteiger partial charge in [0.25, 0.3) is 5.91 Å². The predicted molar refractivity (Wildman–Crippen MR) is 94.5 cm³/mol. The standard InChI is InChI=1S/C19H24N4O3/c1-22-9-4-17(21-22)18(24)23-10-5-19(6-11-23)12-16(14-26-19)25-13-15-2-7-20-8-3-15/h2-4,7-9,16H,5-6,10-14H2,1H3. The fraction of sp³-hybridized carbons (Fsp3) is 0.526. The maximum Gasteiger partial charge on any atom is 0.274 e. The molecule has 2 aromatic heterocycles. The van der Waals surface area contributed by atoms with E-state index in [9.17, 15) is 4.79 Å². The van der Waals surface area contributed by atoms with Gasteiger partial charge in [-0.25, -0.2) is 0 Å². The maximum atomic E-state index is 12.5. The van der Waals surface area contributed by atoms with Gasteiger partial charge in [-0.3, -0.25) is 14.5 Å². The molecule has 0 aliphatic carbocycles. The Morgan fingerprint density at radius 3 is 2.77 bits per heavy atom. The Bertz CT molecular complexity index is 753. The van der Waals surface area contributed by atoms with E-state index in [1.54, 1.807) is 29.3 Å². The zero-order valence-corrected chi connectivity index (χ0v) is 15.0. The van der Waals surface area contributed by atoms with Crippen LogP contribution in [0.5, 0.6) is 0 Å². The largest absolute Gasteiger partial charge is 0.372 e. The highest BCUT2D eigenvalue weighted by atomic mass is 16.6. The third-order valence-corrected chi connectivity index (χ3v) is 5.30. The minimum absolute atomic E-state index is 0.00364. The van der Waals surface area contributed by atoms with Crippen LogP contribution in [0.25, 0.3) is 0 Å². The second kappa shape index (κ2) is 7.17. The van der Waals surface area contributed by atoms with Gasteiger partial charge >= 0.3 is 0 Å². The average Bonchev–Trinajstić information content (AvgIpc) is 3.28. The lowest BCUT2D eigenvalue weighted by Crippen LogP contribution is -2.46. The highest BCUT2D eigenvalue weighted by Crippen LogP contribution is 2.37. The zero-order chi connectivity index (χ0) is 18.0. The van der Waals surface area contributed by atoms with Crippen LogP contribution < -0.4 is 0 Å². The summed E-state index contributed by atoms with van der Waals surface area (Å²) in [6.45, 7) is 2.61. The van der Waals surface area contributed by atoms with Gasteiger partial charge in [-0.05, 0) is 36.6 Å². The van der Waals surface area contributed by atoms with E-state index in [1.165, 1.54) is 0 Å². The van der Waals surface area contributed by atoms with Gasteiger partial charge in [-0.2, -0.15) is 5.10 Å². The number of likely N-dealkylation sites (tertiary alicyclic amines) is 1. The van der Waals surface area contributed by atoms with E-state index in [0.29, 0.717) is 32.0 Å². The summed E-state index contributed by atoms with van der Waals surface area (Å²) in [4.78, 5) is 18.4. The first-order valence-electron chi connectivity index (χ1n) is 9.07. The van der Waals surface area contributed by atoms with Crippen molar-refractivity contribution < 1.29 is 14.3 Å². The molecule has 4 rings (SSSR count). The molecule has 7 heteroatoms. The summed E-state index contributed by atoms with van der Waals surface area (Å²) < 4.78 is 13.8. The molecule has 0 N–H and O–H groups in total. The monoisotopic (exact) mass is 356 g/mol. The number of piperidine rings is 1. The van der Waals surface area contributed by atoms with Gasteiger partial charge in [0, 0.05) is 45.1 Å². The molecule has 0 bridgehead atoms. The van der Waals surface area contributed by atoms with E-state index in [2.05, 4.69) is 10.1 Å². The topological polar surface area (TPSA) is 69.5 Å². The molecule has 0 saturated carbocycles. The number of pyridine rings is 1. The highest BCUT2D eigenvalue weighted by molar-refractivity contribution is 5.92. The summed E-state index contributed by atoms with van der Waals surface area (Å²) in [6, 6.07) is 5.70. The van der Waals surface area contributed by atoms with Crippen LogP contribution in [0.2, 0.25) is 0 Å². The molecule has 4 heterocycles. The van der Waals surface area contributed by atoms with Crippen LogP contribution in [0.15, 0.2) is 36.8 Å². The summed E-state index contributed by atoms with van der Waals surface area (Å²) in [7, 11) is 1.82. The summed E-state index contributed by atoms with van der Waals surface area (Å²) >= 11 is 0. The van der Waals surface area contributed by atoms with Crippen molar-refractivity contribution in [1.82, 2.24) is 19.7 Å². The van der Waals surface area contributed by atoms with E-state index in [-0.39, 0.29) is 17.6 Å². The number of carbonyl (C=O) groups excluding carboxylic acids is 1. The molecule has 0 radical (unpaired) electrons. The lowest BCUT2D eigenvalue weighted by Gasteiger charge is -2.38. The van der Waals surface area contributed by atoms with Crippen LogP contribution in [0.1, 0.15) is 35.3 Å². The summed E-state index contributed by atoms with van der Waals surface area (Å²) in [5, 5.41) is 4.21. The molecule has 2 aliphatic heterocycles. The van der Waals surface area contributed by atoms with Gasteiger partial charge in [0.15, 0.2) is 0 Å². The fourth-order valence-electron chi connectivity index (χ4n) is 3.76. The second-order valence-corrected chi connectivity index (χ2v) is 7.15. The van der Waals surface area contributed by atoms with Crippen molar-refractivity contribution >= 4 is 5.91 Å². The molecule has 0 aromatic carbocycles. The van der Waals surface area contributed by atoms with E-state index in [1.807, 2.05) is 24.1 Å². The number of carbonyl (C=O) groups is 1. The average molecular weight is 356 g/mol. The quantitative estimate of drug-likeness (QED) is 0.835. The molecule has 2 aliphatic rings. The number of amides is 1. The predicted octanol–water partition coefficient (Wildman–Crippen LogP) is 1.80. The second-order valence-electron chi connectivity index (χ2n) is 7.15. The Morgan fingerprint density at radius 1 is 1.31 bits per heavy atom. The van der Waals surface area contributed by atoms with Gasteiger partial charge in [0.05, 0.1) is 24.9 Å². The van der Waals surface area contributed by atoms with Crippen molar-refractivity contribution in [1.29, 1.82) is 0 Å². The number of aromatic nitrogens is 3. The van der Waals surface area contributed by atoms with Crippen molar-refractivity contribution in [2.75, 3.05) is 19.7 Å². The number of rotatable bonds is 4. The molecule has 1 atom stereocenters. The molecular formula is C19H24N4O3. The first kappa shape index (κ1) is 17.2. The van der Waals surface area contributed by atoms with Gasteiger partial charge in [-0.1, -0.05) is 0 Å². The normalized spacial score (nSPS) is 22.0. The van der Waals surface area contributed by atoms with E-state index in [0.717, 1.165) is 24.8 Å². The Balaban J connectivity index is 1.28. The molecule has 2 saturated heterocycles. The first-order valence-corrected chi connectivity index (χ1v) is 9.07. The van der Waals surface area contributed by atoms with Gasteiger partial charge in [0.2, 0.25) is 0 Å². The Morgan fingerprint density at radius 2 is 2.08 bits per heavy atom. The summed E-state index contributed by atoms with van der Waals surface area (Å²) in [6.07, 6.45) is 8.05. The number of hydrogen-bond donors (Lipinski definition) is 0. The Hall–Kier alpha value is -2.25. The van der Waals surface area contributed by atoms with Crippen LogP contribution in [0.3, 0.4) is 0 Å². The first-order chi connectivity index (χ1) is 12.6. The van der Waals surface area contributed by atoms with Crippen LogP contribution in [-0.2, 0) is 23.1 Å². The van der Waals surface area contributed by atoms with Crippen LogP contribution >= 0.6 is 0 Å². The van der Waals surface area contributed by atoms with Crippen molar-refractivity contribution in [2.45, 2.75) is 37.6 Å². The number of hydrogen-bond acceptors (Lipinski definition) is 5. The number of aryl methyl sites for hydroxylation is 1. The van der Waals surface area contributed by atoms with Crippen LogP contribution in [-0.4, -0.2) is 57.0 Å². The highest BCUT2D eigenvalue weighted by Gasteiger charge is 2.44. The van der Waals surface area contributed by atoms with Gasteiger partial charge < -0.3 is 14.4 Å².